The third-order valence-electron chi connectivity index (χ3n) is 4.60. The highest BCUT2D eigenvalue weighted by atomic mass is 16.5. The van der Waals surface area contributed by atoms with Gasteiger partial charge in [-0.15, -0.1) is 0 Å². The number of methoxy groups -OCH3 is 1. The van der Waals surface area contributed by atoms with Gasteiger partial charge in [0.05, 0.1) is 0 Å². The third-order valence-corrected chi connectivity index (χ3v) is 4.60. The van der Waals surface area contributed by atoms with Crippen molar-refractivity contribution in [3.05, 3.63) is 34.2 Å². The van der Waals surface area contributed by atoms with Crippen LogP contribution in [0.5, 0.6) is 0 Å². The quantitative estimate of drug-likeness (QED) is 0.768. The number of piperazine rings is 1. The molecule has 0 atom stereocenters. The van der Waals surface area contributed by atoms with Gasteiger partial charge in [0.1, 0.15) is 6.61 Å². The normalized spacial score (nSPS) is 19.1. The van der Waals surface area contributed by atoms with Crippen molar-refractivity contribution in [3.8, 4) is 0 Å². The zero-order chi connectivity index (χ0) is 16.2. The molecule has 1 amide bonds. The second-order valence-electron chi connectivity index (χ2n) is 6.56. The first-order valence-corrected chi connectivity index (χ1v) is 8.34. The molecule has 2 fully saturated rings. The van der Waals surface area contributed by atoms with E-state index in [-0.39, 0.29) is 18.1 Å². The average Bonchev–Trinajstić information content (AvgIpc) is 3.36. The Balaban J connectivity index is 1.54. The highest BCUT2D eigenvalue weighted by Crippen LogP contribution is 2.30. The van der Waals surface area contributed by atoms with Crippen molar-refractivity contribution in [2.75, 3.05) is 39.9 Å². The topological polar surface area (TPSA) is 54.8 Å². The lowest BCUT2D eigenvalue weighted by molar-refractivity contribution is -0.136. The smallest absolute Gasteiger partial charge is 0.250 e. The van der Waals surface area contributed by atoms with Crippen LogP contribution in [0, 0.1) is 5.92 Å². The van der Waals surface area contributed by atoms with E-state index in [1.54, 1.807) is 13.2 Å². The number of carbonyl (C=O) groups is 1. The average molecular weight is 319 g/mol. The highest BCUT2D eigenvalue weighted by Gasteiger charge is 2.23. The number of ether oxygens (including phenoxy) is 1. The third kappa shape index (κ3) is 4.42. The predicted octanol–water partition coefficient (Wildman–Crippen LogP) is 0.549. The lowest BCUT2D eigenvalue weighted by Crippen LogP contribution is -2.49. The Kier molecular flexibility index (Phi) is 5.13. The van der Waals surface area contributed by atoms with Gasteiger partial charge in [-0.2, -0.15) is 0 Å². The zero-order valence-corrected chi connectivity index (χ0v) is 13.7. The molecule has 0 radical (unpaired) electrons. The maximum Gasteiger partial charge on any atom is 0.250 e. The number of nitrogens with zero attached hydrogens (tertiary/aromatic N) is 3. The van der Waals surface area contributed by atoms with E-state index in [9.17, 15) is 9.59 Å². The lowest BCUT2D eigenvalue weighted by atomic mass is 10.2. The monoisotopic (exact) mass is 319 g/mol. The van der Waals surface area contributed by atoms with Crippen LogP contribution in [0.2, 0.25) is 0 Å². The Bertz CT molecular complexity index is 601. The van der Waals surface area contributed by atoms with E-state index in [1.807, 2.05) is 21.7 Å². The molecule has 2 heterocycles. The molecule has 1 saturated carbocycles. The van der Waals surface area contributed by atoms with Gasteiger partial charge in [0.2, 0.25) is 5.91 Å². The molecule has 0 N–H and O–H groups in total. The van der Waals surface area contributed by atoms with Crippen LogP contribution in [0.15, 0.2) is 23.1 Å². The van der Waals surface area contributed by atoms with Crippen LogP contribution in [0.1, 0.15) is 18.4 Å². The molecule has 126 valence electrons. The molecule has 3 rings (SSSR count). The summed E-state index contributed by atoms with van der Waals surface area (Å²) < 4.78 is 6.76. The Hall–Kier alpha value is -1.66. The molecule has 1 aromatic rings. The predicted molar refractivity (Wildman–Crippen MR) is 87.2 cm³/mol. The van der Waals surface area contributed by atoms with Crippen molar-refractivity contribution >= 4 is 5.91 Å². The minimum absolute atomic E-state index is 0.0603. The van der Waals surface area contributed by atoms with E-state index in [2.05, 4.69) is 4.90 Å². The molecular weight excluding hydrogens is 294 g/mol. The van der Waals surface area contributed by atoms with Crippen LogP contribution in [0.3, 0.4) is 0 Å². The summed E-state index contributed by atoms with van der Waals surface area (Å²) in [7, 11) is 1.55. The summed E-state index contributed by atoms with van der Waals surface area (Å²) in [4.78, 5) is 27.9. The van der Waals surface area contributed by atoms with Gasteiger partial charge in [-0.3, -0.25) is 14.5 Å². The van der Waals surface area contributed by atoms with Crippen molar-refractivity contribution in [1.29, 1.82) is 0 Å². The van der Waals surface area contributed by atoms with Crippen molar-refractivity contribution in [2.24, 2.45) is 5.92 Å². The summed E-state index contributed by atoms with van der Waals surface area (Å²) in [5.41, 5.74) is 1.26. The molecule has 0 spiro atoms. The number of carbonyl (C=O) groups excluding carboxylic acids is 1. The summed E-state index contributed by atoms with van der Waals surface area (Å²) in [6.45, 7) is 5.04. The molecule has 0 bridgehead atoms. The van der Waals surface area contributed by atoms with Crippen molar-refractivity contribution in [2.45, 2.75) is 25.9 Å². The first-order chi connectivity index (χ1) is 11.2. The van der Waals surface area contributed by atoms with Crippen LogP contribution >= 0.6 is 0 Å². The first-order valence-electron chi connectivity index (χ1n) is 8.34. The number of aromatic nitrogens is 1. The molecular formula is C17H25N3O3. The summed E-state index contributed by atoms with van der Waals surface area (Å²) >= 11 is 0. The van der Waals surface area contributed by atoms with Crippen LogP contribution in [0.4, 0.5) is 0 Å². The van der Waals surface area contributed by atoms with E-state index in [4.69, 9.17) is 4.74 Å². The van der Waals surface area contributed by atoms with Gasteiger partial charge >= 0.3 is 0 Å². The molecule has 1 aliphatic heterocycles. The summed E-state index contributed by atoms with van der Waals surface area (Å²) in [6.07, 6.45) is 4.49. The Labute approximate surface area is 136 Å². The van der Waals surface area contributed by atoms with E-state index in [0.717, 1.165) is 39.3 Å². The fourth-order valence-corrected chi connectivity index (χ4v) is 3.02. The van der Waals surface area contributed by atoms with Gasteiger partial charge in [-0.1, -0.05) is 6.07 Å². The Morgan fingerprint density at radius 2 is 1.96 bits per heavy atom. The SMILES string of the molecule is COCC(=O)N1CCN(Cc2ccc(=O)n(CC3CC3)c2)CC1. The molecule has 1 aromatic heterocycles. The maximum atomic E-state index is 11.9. The minimum atomic E-state index is 0.0603. The molecule has 1 aliphatic carbocycles. The van der Waals surface area contributed by atoms with Gasteiger partial charge < -0.3 is 14.2 Å². The summed E-state index contributed by atoms with van der Waals surface area (Å²) in [6, 6.07) is 3.60. The van der Waals surface area contributed by atoms with Gasteiger partial charge in [-0.05, 0) is 24.3 Å². The minimum Gasteiger partial charge on any atom is -0.375 e. The fraction of sp³-hybridized carbons (Fsp3) is 0.647. The van der Waals surface area contributed by atoms with Gasteiger partial charge in [0.25, 0.3) is 5.56 Å². The largest absolute Gasteiger partial charge is 0.375 e. The second-order valence-corrected chi connectivity index (χ2v) is 6.56. The number of amides is 1. The van der Waals surface area contributed by atoms with Crippen molar-refractivity contribution < 1.29 is 9.53 Å². The molecule has 2 aliphatic rings. The van der Waals surface area contributed by atoms with Gasteiger partial charge in [0, 0.05) is 58.6 Å². The van der Waals surface area contributed by atoms with E-state index >= 15 is 0 Å². The van der Waals surface area contributed by atoms with E-state index in [0.29, 0.717) is 5.92 Å². The Morgan fingerprint density at radius 1 is 1.22 bits per heavy atom. The standard InChI is InChI=1S/C17H25N3O3/c1-23-13-17(22)19-8-6-18(7-9-19)10-15-4-5-16(21)20(12-15)11-14-2-3-14/h4-5,12,14H,2-3,6-11,13H2,1H3. The van der Waals surface area contributed by atoms with Crippen LogP contribution < -0.4 is 5.56 Å². The molecule has 1 saturated heterocycles. The number of hydrogen-bond donors (Lipinski definition) is 0. The highest BCUT2D eigenvalue weighted by molar-refractivity contribution is 5.77. The molecule has 23 heavy (non-hydrogen) atoms. The molecule has 6 nitrogen and oxygen atoms in total. The number of rotatable bonds is 6. The van der Waals surface area contributed by atoms with E-state index in [1.165, 1.54) is 18.4 Å². The lowest BCUT2D eigenvalue weighted by Gasteiger charge is -2.34. The molecule has 0 unspecified atom stereocenters. The Morgan fingerprint density at radius 3 is 2.61 bits per heavy atom. The summed E-state index contributed by atoms with van der Waals surface area (Å²) in [5.74, 6) is 0.753. The number of hydrogen-bond acceptors (Lipinski definition) is 4. The van der Waals surface area contributed by atoms with Gasteiger partial charge in [0.15, 0.2) is 0 Å². The van der Waals surface area contributed by atoms with Crippen LogP contribution in [-0.2, 0) is 22.6 Å². The van der Waals surface area contributed by atoms with E-state index < -0.39 is 0 Å². The fourth-order valence-electron chi connectivity index (χ4n) is 3.02. The van der Waals surface area contributed by atoms with Crippen LogP contribution in [0.25, 0.3) is 0 Å². The zero-order valence-electron chi connectivity index (χ0n) is 13.7. The van der Waals surface area contributed by atoms with Crippen molar-refractivity contribution in [3.63, 3.8) is 0 Å². The van der Waals surface area contributed by atoms with Gasteiger partial charge in [-0.25, -0.2) is 0 Å². The molecule has 6 heteroatoms. The maximum absolute atomic E-state index is 11.9. The molecule has 0 aromatic carbocycles. The number of pyridine rings is 1. The summed E-state index contributed by atoms with van der Waals surface area (Å²) in [5, 5.41) is 0. The van der Waals surface area contributed by atoms with Crippen LogP contribution in [-0.4, -0.2) is 60.2 Å². The van der Waals surface area contributed by atoms with Crippen molar-refractivity contribution in [1.82, 2.24) is 14.4 Å². The second kappa shape index (κ2) is 7.27. The first kappa shape index (κ1) is 16.2.